The summed E-state index contributed by atoms with van der Waals surface area (Å²) in [7, 11) is 0. The molecule has 1 heterocycles. The molecule has 6 nitrogen and oxygen atoms in total. The molecule has 0 atom stereocenters. The van der Waals surface area contributed by atoms with Gasteiger partial charge in [-0.2, -0.15) is 0 Å². The summed E-state index contributed by atoms with van der Waals surface area (Å²) in [6, 6.07) is 15.4. The van der Waals surface area contributed by atoms with Crippen molar-refractivity contribution in [2.45, 2.75) is 6.92 Å². The lowest BCUT2D eigenvalue weighted by atomic mass is 9.95. The first-order chi connectivity index (χ1) is 12.7. The van der Waals surface area contributed by atoms with E-state index in [1.165, 1.54) is 18.3 Å². The number of esters is 1. The molecule has 1 aromatic heterocycles. The molecule has 0 unspecified atom stereocenters. The number of carbonyl (C=O) groups is 2. The van der Waals surface area contributed by atoms with E-state index >= 15 is 0 Å². The Morgan fingerprint density at radius 3 is 2.38 bits per heavy atom. The number of hydrogen-bond acceptors (Lipinski definition) is 5. The molecule has 0 amide bonds. The fourth-order valence-electron chi connectivity index (χ4n) is 2.76. The highest BCUT2D eigenvalue weighted by Crippen LogP contribution is 2.32. The minimum Gasteiger partial charge on any atom is -0.461 e. The summed E-state index contributed by atoms with van der Waals surface area (Å²) in [5, 5.41) is 2.92. The Hall–Kier alpha value is -3.54. The average molecular weight is 348 g/mol. The van der Waals surface area contributed by atoms with Crippen molar-refractivity contribution in [3.8, 4) is 11.1 Å². The molecule has 3 rings (SSSR count). The smallest absolute Gasteiger partial charge is 0.355 e. The third-order valence-electron chi connectivity index (χ3n) is 3.91. The Balaban J connectivity index is 2.17. The van der Waals surface area contributed by atoms with Crippen molar-refractivity contribution in [2.75, 3.05) is 6.61 Å². The topological polar surface area (TPSA) is 88.6 Å². The van der Waals surface area contributed by atoms with E-state index in [1.807, 2.05) is 18.2 Å². The quantitative estimate of drug-likeness (QED) is 0.404. The summed E-state index contributed by atoms with van der Waals surface area (Å²) in [5.41, 5.74) is 1.82. The monoisotopic (exact) mass is 348 g/mol. The van der Waals surface area contributed by atoms with Crippen molar-refractivity contribution in [3.63, 3.8) is 0 Å². The summed E-state index contributed by atoms with van der Waals surface area (Å²) < 4.78 is 5.08. The summed E-state index contributed by atoms with van der Waals surface area (Å²) in [5.74, 6) is -0.946. The fraction of sp³-hybridized carbons (Fsp3) is 0.100. The Labute approximate surface area is 149 Å². The predicted molar refractivity (Wildman–Crippen MR) is 97.5 cm³/mol. The van der Waals surface area contributed by atoms with Crippen LogP contribution in [-0.4, -0.2) is 23.3 Å². The van der Waals surface area contributed by atoms with Gasteiger partial charge < -0.3 is 9.72 Å². The van der Waals surface area contributed by atoms with Crippen molar-refractivity contribution >= 4 is 17.4 Å². The molecule has 0 radical (unpaired) electrons. The van der Waals surface area contributed by atoms with Crippen molar-refractivity contribution in [1.29, 1.82) is 0 Å². The highest BCUT2D eigenvalue weighted by atomic mass is 16.5. The van der Waals surface area contributed by atoms with E-state index in [0.29, 0.717) is 11.1 Å². The second-order valence-corrected chi connectivity index (χ2v) is 5.48. The van der Waals surface area contributed by atoms with Gasteiger partial charge in [0.1, 0.15) is 11.4 Å². The highest BCUT2D eigenvalue weighted by molar-refractivity contribution is 6.17. The number of aromatic nitrogens is 1. The van der Waals surface area contributed by atoms with Crippen LogP contribution < -0.4 is 0 Å². The maximum atomic E-state index is 13.0. The van der Waals surface area contributed by atoms with E-state index in [0.717, 1.165) is 0 Å². The average Bonchev–Trinajstić information content (AvgIpc) is 3.13. The van der Waals surface area contributed by atoms with Gasteiger partial charge in [-0.3, -0.25) is 4.79 Å². The lowest BCUT2D eigenvalue weighted by Gasteiger charge is -2.08. The van der Waals surface area contributed by atoms with E-state index in [2.05, 4.69) is 10.2 Å². The minimum atomic E-state index is -0.549. The molecule has 0 aliphatic carbocycles. The first-order valence-electron chi connectivity index (χ1n) is 8.08. The second-order valence-electron chi connectivity index (χ2n) is 5.48. The Morgan fingerprint density at radius 2 is 1.69 bits per heavy atom. The zero-order valence-electron chi connectivity index (χ0n) is 14.1. The number of nitrogens with zero attached hydrogens (tertiary/aromatic N) is 1. The molecule has 0 bridgehead atoms. The third kappa shape index (κ3) is 3.17. The van der Waals surface area contributed by atoms with Gasteiger partial charge in [0.2, 0.25) is 0 Å². The summed E-state index contributed by atoms with van der Waals surface area (Å²) >= 11 is 0. The zero-order chi connectivity index (χ0) is 18.5. The summed E-state index contributed by atoms with van der Waals surface area (Å²) in [6.07, 6.45) is 1.46. The molecule has 0 aliphatic rings. The standard InChI is InChI=1S/C20H16N2O4/c1-2-26-20(24)18-17(13-8-4-3-5-9-13)15(12-21-18)19(23)14-10-6-7-11-16(14)22-25/h3-12,21H,2H2,1H3. The van der Waals surface area contributed by atoms with Gasteiger partial charge >= 0.3 is 5.97 Å². The molecule has 0 saturated heterocycles. The zero-order valence-corrected chi connectivity index (χ0v) is 14.1. The van der Waals surface area contributed by atoms with Gasteiger partial charge in [0, 0.05) is 17.3 Å². The van der Waals surface area contributed by atoms with E-state index < -0.39 is 11.8 Å². The Kier molecular flexibility index (Phi) is 5.03. The van der Waals surface area contributed by atoms with Crippen LogP contribution in [0.3, 0.4) is 0 Å². The Morgan fingerprint density at radius 1 is 1.00 bits per heavy atom. The maximum Gasteiger partial charge on any atom is 0.355 e. The molecule has 6 heteroatoms. The number of nitroso groups, excluding NO2 is 1. The van der Waals surface area contributed by atoms with Crippen LogP contribution in [0.4, 0.5) is 5.69 Å². The molecule has 0 aliphatic heterocycles. The molecule has 130 valence electrons. The van der Waals surface area contributed by atoms with Crippen LogP contribution in [0.25, 0.3) is 11.1 Å². The van der Waals surface area contributed by atoms with Crippen LogP contribution >= 0.6 is 0 Å². The molecular formula is C20H16N2O4. The number of carbonyl (C=O) groups excluding carboxylic acids is 2. The molecule has 3 aromatic rings. The predicted octanol–water partition coefficient (Wildman–Crippen LogP) is 4.49. The van der Waals surface area contributed by atoms with Crippen molar-refractivity contribution in [2.24, 2.45) is 5.18 Å². The molecule has 26 heavy (non-hydrogen) atoms. The first kappa shape index (κ1) is 17.3. The van der Waals surface area contributed by atoms with Gasteiger partial charge in [-0.1, -0.05) is 42.5 Å². The van der Waals surface area contributed by atoms with Gasteiger partial charge in [-0.25, -0.2) is 4.79 Å². The van der Waals surface area contributed by atoms with Crippen LogP contribution in [0.5, 0.6) is 0 Å². The van der Waals surface area contributed by atoms with Crippen molar-refractivity contribution in [3.05, 3.63) is 82.5 Å². The van der Waals surface area contributed by atoms with E-state index in [9.17, 15) is 14.5 Å². The number of H-pyrrole nitrogens is 1. The van der Waals surface area contributed by atoms with Gasteiger partial charge in [0.05, 0.1) is 12.2 Å². The fourth-order valence-corrected chi connectivity index (χ4v) is 2.76. The number of rotatable bonds is 6. The van der Waals surface area contributed by atoms with E-state index in [1.54, 1.807) is 31.2 Å². The lowest BCUT2D eigenvalue weighted by molar-refractivity contribution is 0.0521. The van der Waals surface area contributed by atoms with Crippen molar-refractivity contribution < 1.29 is 14.3 Å². The maximum absolute atomic E-state index is 13.0. The molecule has 1 N–H and O–H groups in total. The lowest BCUT2D eigenvalue weighted by Crippen LogP contribution is -2.08. The number of hydrogen-bond donors (Lipinski definition) is 1. The van der Waals surface area contributed by atoms with Crippen molar-refractivity contribution in [1.82, 2.24) is 4.98 Å². The van der Waals surface area contributed by atoms with Gasteiger partial charge in [-0.05, 0) is 29.8 Å². The summed E-state index contributed by atoms with van der Waals surface area (Å²) in [4.78, 5) is 39.2. The van der Waals surface area contributed by atoms with E-state index in [4.69, 9.17) is 4.74 Å². The molecular weight excluding hydrogens is 332 g/mol. The molecule has 0 saturated carbocycles. The third-order valence-corrected chi connectivity index (χ3v) is 3.91. The highest BCUT2D eigenvalue weighted by Gasteiger charge is 2.25. The van der Waals surface area contributed by atoms with Gasteiger partial charge in [-0.15, -0.1) is 4.91 Å². The molecule has 2 aromatic carbocycles. The first-order valence-corrected chi connectivity index (χ1v) is 8.08. The normalized spacial score (nSPS) is 10.3. The number of ether oxygens (including phenoxy) is 1. The van der Waals surface area contributed by atoms with Crippen LogP contribution in [0.2, 0.25) is 0 Å². The largest absolute Gasteiger partial charge is 0.461 e. The second kappa shape index (κ2) is 7.57. The number of aromatic amines is 1. The Bertz CT molecular complexity index is 961. The van der Waals surface area contributed by atoms with Crippen LogP contribution in [0.1, 0.15) is 33.3 Å². The molecule has 0 fully saturated rings. The number of nitrogens with one attached hydrogen (secondary N) is 1. The van der Waals surface area contributed by atoms with Crippen LogP contribution in [0.15, 0.2) is 66.0 Å². The molecule has 0 spiro atoms. The van der Waals surface area contributed by atoms with E-state index in [-0.39, 0.29) is 29.1 Å². The van der Waals surface area contributed by atoms with Crippen LogP contribution in [0, 0.1) is 4.91 Å². The number of benzene rings is 2. The SMILES string of the molecule is CCOC(=O)c1[nH]cc(C(=O)c2ccccc2N=O)c1-c1ccccc1. The van der Waals surface area contributed by atoms with Crippen LogP contribution in [-0.2, 0) is 4.74 Å². The van der Waals surface area contributed by atoms with Gasteiger partial charge in [0.25, 0.3) is 0 Å². The number of ketones is 1. The minimum absolute atomic E-state index is 0.0513. The van der Waals surface area contributed by atoms with Gasteiger partial charge in [0.15, 0.2) is 5.78 Å². The summed E-state index contributed by atoms with van der Waals surface area (Å²) in [6.45, 7) is 1.92.